The number of halogens is 3. The number of aliphatic hydroxyl groups is 3. The van der Waals surface area contributed by atoms with Crippen LogP contribution in [-0.2, 0) is 22.1 Å². The zero-order chi connectivity index (χ0) is 22.9. The van der Waals surface area contributed by atoms with Gasteiger partial charge in [0.1, 0.15) is 24.0 Å². The highest BCUT2D eigenvalue weighted by molar-refractivity contribution is 5.73. The van der Waals surface area contributed by atoms with Gasteiger partial charge >= 0.3 is 12.1 Å². The minimum absolute atomic E-state index is 0.304. The molecular weight excluding hydrogens is 425 g/mol. The van der Waals surface area contributed by atoms with Gasteiger partial charge < -0.3 is 29.9 Å². The lowest BCUT2D eigenvalue weighted by atomic mass is 9.99. The summed E-state index contributed by atoms with van der Waals surface area (Å²) < 4.78 is 50.5. The van der Waals surface area contributed by atoms with Crippen LogP contribution in [0.15, 0.2) is 24.3 Å². The van der Waals surface area contributed by atoms with E-state index in [1.54, 1.807) is 0 Å². The maximum Gasteiger partial charge on any atom is 0.433 e. The number of alkyl halides is 3. The molecule has 1 fully saturated rings. The van der Waals surface area contributed by atoms with Crippen molar-refractivity contribution in [3.63, 3.8) is 0 Å². The minimum atomic E-state index is -4.83. The third-order valence-corrected chi connectivity index (χ3v) is 4.65. The Morgan fingerprint density at radius 1 is 1.19 bits per heavy atom. The molecule has 1 aliphatic rings. The van der Waals surface area contributed by atoms with Crippen LogP contribution in [0.2, 0.25) is 0 Å². The van der Waals surface area contributed by atoms with Crippen LogP contribution in [-0.4, -0.2) is 67.3 Å². The number of hydrogen-bond donors (Lipinski definition) is 5. The molecule has 166 valence electrons. The van der Waals surface area contributed by atoms with Crippen LogP contribution in [0.1, 0.15) is 22.4 Å². The third-order valence-electron chi connectivity index (χ3n) is 4.65. The number of rotatable bonds is 5. The summed E-state index contributed by atoms with van der Waals surface area (Å²) in [6.07, 6.45) is -9.69. The first-order chi connectivity index (χ1) is 14.5. The van der Waals surface area contributed by atoms with Crippen LogP contribution in [0.25, 0.3) is 0 Å². The van der Waals surface area contributed by atoms with Crippen LogP contribution >= 0.6 is 0 Å². The van der Waals surface area contributed by atoms with Gasteiger partial charge in [0, 0.05) is 12.0 Å². The lowest BCUT2D eigenvalue weighted by Gasteiger charge is -2.38. The summed E-state index contributed by atoms with van der Waals surface area (Å²) in [6.45, 7) is 0. The van der Waals surface area contributed by atoms with Gasteiger partial charge in [0.2, 0.25) is 12.2 Å². The van der Waals surface area contributed by atoms with Gasteiger partial charge in [-0.05, 0) is 17.7 Å². The average molecular weight is 442 g/mol. The lowest BCUT2D eigenvalue weighted by molar-refractivity contribution is -0.271. The number of aliphatic carboxylic acids is 1. The highest BCUT2D eigenvalue weighted by Crippen LogP contribution is 2.36. The molecule has 1 aromatic heterocycles. The fourth-order valence-corrected chi connectivity index (χ4v) is 3.03. The number of carboxylic acid groups (broad SMARTS) is 1. The van der Waals surface area contributed by atoms with Crippen molar-refractivity contribution in [2.45, 2.75) is 43.3 Å². The number of H-pyrrole nitrogens is 1. The quantitative estimate of drug-likeness (QED) is 0.415. The second kappa shape index (κ2) is 8.56. The number of hydrogen-bond acceptors (Lipinski definition) is 7. The van der Waals surface area contributed by atoms with Crippen molar-refractivity contribution in [3.05, 3.63) is 46.6 Å². The molecule has 0 spiro atoms. The van der Waals surface area contributed by atoms with Gasteiger partial charge in [0.25, 0.3) is 0 Å². The molecule has 0 aliphatic carbocycles. The summed E-state index contributed by atoms with van der Waals surface area (Å²) in [6, 6.07) is 6.09. The SMILES string of the molecule is C#Cc1ccc(Cc2c(OC3O[C@H](C(=O)O)[C@@H](O)[C@H](O)[C@H]3O)n[nH]c2C(F)(F)F)cc1. The smallest absolute Gasteiger partial charge is 0.433 e. The maximum atomic E-state index is 13.4. The first-order valence-electron chi connectivity index (χ1n) is 8.82. The van der Waals surface area contributed by atoms with Crippen molar-refractivity contribution in [1.82, 2.24) is 10.2 Å². The van der Waals surface area contributed by atoms with Gasteiger partial charge in [0.15, 0.2) is 6.10 Å². The monoisotopic (exact) mass is 442 g/mol. The number of aromatic amines is 1. The molecular formula is C19H17F3N2O7. The van der Waals surface area contributed by atoms with Crippen molar-refractivity contribution in [2.75, 3.05) is 0 Å². The topological polar surface area (TPSA) is 145 Å². The Balaban J connectivity index is 1.92. The summed E-state index contributed by atoms with van der Waals surface area (Å²) >= 11 is 0. The van der Waals surface area contributed by atoms with Crippen LogP contribution in [0.4, 0.5) is 13.2 Å². The molecule has 0 bridgehead atoms. The fourth-order valence-electron chi connectivity index (χ4n) is 3.03. The number of aromatic nitrogens is 2. The molecule has 0 amide bonds. The van der Waals surface area contributed by atoms with E-state index < -0.39 is 60.0 Å². The molecule has 1 aromatic carbocycles. The van der Waals surface area contributed by atoms with E-state index in [2.05, 4.69) is 11.0 Å². The van der Waals surface area contributed by atoms with Gasteiger partial charge in [-0.25, -0.2) is 4.79 Å². The van der Waals surface area contributed by atoms with Crippen molar-refractivity contribution in [2.24, 2.45) is 0 Å². The molecule has 0 saturated carbocycles. The summed E-state index contributed by atoms with van der Waals surface area (Å²) in [5.41, 5.74) is -0.706. The zero-order valence-electron chi connectivity index (χ0n) is 15.6. The number of nitrogens with zero attached hydrogens (tertiary/aromatic N) is 1. The highest BCUT2D eigenvalue weighted by Gasteiger charge is 2.49. The molecule has 1 saturated heterocycles. The van der Waals surface area contributed by atoms with Crippen molar-refractivity contribution in [3.8, 4) is 18.2 Å². The Morgan fingerprint density at radius 2 is 1.84 bits per heavy atom. The fraction of sp³-hybridized carbons (Fsp3) is 0.368. The van der Waals surface area contributed by atoms with Gasteiger partial charge in [0.05, 0.1) is 5.56 Å². The van der Waals surface area contributed by atoms with Gasteiger partial charge in [-0.1, -0.05) is 18.1 Å². The van der Waals surface area contributed by atoms with Crippen molar-refractivity contribution in [1.29, 1.82) is 0 Å². The number of carbonyl (C=O) groups is 1. The predicted molar refractivity (Wildman–Crippen MR) is 95.7 cm³/mol. The molecule has 3 rings (SSSR count). The number of nitrogens with one attached hydrogen (secondary N) is 1. The number of carboxylic acids is 1. The Morgan fingerprint density at radius 3 is 2.39 bits per heavy atom. The van der Waals surface area contributed by atoms with E-state index in [0.29, 0.717) is 11.1 Å². The van der Waals surface area contributed by atoms with Crippen molar-refractivity contribution >= 4 is 5.97 Å². The summed E-state index contributed by atoms with van der Waals surface area (Å²) in [4.78, 5) is 11.2. The molecule has 5 N–H and O–H groups in total. The minimum Gasteiger partial charge on any atom is -0.479 e. The zero-order valence-corrected chi connectivity index (χ0v) is 15.6. The first-order valence-corrected chi connectivity index (χ1v) is 8.82. The number of aliphatic hydroxyl groups excluding tert-OH is 3. The molecule has 2 heterocycles. The van der Waals surface area contributed by atoms with Crippen molar-refractivity contribution < 1.29 is 47.9 Å². The van der Waals surface area contributed by atoms with E-state index in [-0.39, 0.29) is 6.42 Å². The lowest BCUT2D eigenvalue weighted by Crippen LogP contribution is -2.61. The van der Waals surface area contributed by atoms with Crippen LogP contribution in [0, 0.1) is 12.3 Å². The largest absolute Gasteiger partial charge is 0.479 e. The normalized spacial score (nSPS) is 26.3. The maximum absolute atomic E-state index is 13.4. The number of benzene rings is 1. The van der Waals surface area contributed by atoms with Crippen LogP contribution in [0.3, 0.4) is 0 Å². The second-order valence-electron chi connectivity index (χ2n) is 6.75. The Labute approximate surface area is 173 Å². The first kappa shape index (κ1) is 22.6. The molecule has 12 heteroatoms. The van der Waals surface area contributed by atoms with E-state index >= 15 is 0 Å². The second-order valence-corrected chi connectivity index (χ2v) is 6.75. The Hall–Kier alpha value is -3.11. The number of terminal acetylenes is 1. The van der Waals surface area contributed by atoms with E-state index in [1.807, 2.05) is 5.10 Å². The van der Waals surface area contributed by atoms with Crippen LogP contribution < -0.4 is 4.74 Å². The van der Waals surface area contributed by atoms with Crippen LogP contribution in [0.5, 0.6) is 5.88 Å². The van der Waals surface area contributed by atoms with E-state index in [1.165, 1.54) is 24.3 Å². The summed E-state index contributed by atoms with van der Waals surface area (Å²) in [7, 11) is 0. The molecule has 5 atom stereocenters. The molecule has 2 aromatic rings. The van der Waals surface area contributed by atoms with Gasteiger partial charge in [-0.3, -0.25) is 5.10 Å². The Kier molecular flexibility index (Phi) is 6.23. The molecule has 9 nitrogen and oxygen atoms in total. The third kappa shape index (κ3) is 4.64. The van der Waals surface area contributed by atoms with E-state index in [4.69, 9.17) is 21.0 Å². The Bertz CT molecular complexity index is 984. The summed E-state index contributed by atoms with van der Waals surface area (Å²) in [5, 5.41) is 44.0. The number of ether oxygens (including phenoxy) is 2. The van der Waals surface area contributed by atoms with E-state index in [0.717, 1.165) is 0 Å². The average Bonchev–Trinajstić information content (AvgIpc) is 3.11. The molecule has 1 aliphatic heterocycles. The van der Waals surface area contributed by atoms with Gasteiger partial charge in [-0.2, -0.15) is 13.2 Å². The predicted octanol–water partition coefficient (Wildman–Crippen LogP) is 0.272. The molecule has 1 unspecified atom stereocenters. The summed E-state index contributed by atoms with van der Waals surface area (Å²) in [5.74, 6) is 0.0925. The molecule has 0 radical (unpaired) electrons. The highest BCUT2D eigenvalue weighted by atomic mass is 19.4. The van der Waals surface area contributed by atoms with Gasteiger partial charge in [-0.15, -0.1) is 11.5 Å². The van der Waals surface area contributed by atoms with E-state index in [9.17, 15) is 33.3 Å². The molecule has 31 heavy (non-hydrogen) atoms. The standard InChI is InChI=1S/C19H17F3N2O7/c1-2-8-3-5-9(6-4-8)7-10-15(19(20,21)22)23-24-16(10)31-18-13(27)11(25)12(26)14(30-18)17(28)29/h1,3-6,11-14,18,25-27H,7H2,(H,23,24)(H,28,29)/t11-,12-,13+,14-,18?/m0/s1.